The Hall–Kier alpha value is -0.210. The van der Waals surface area contributed by atoms with Gasteiger partial charge >= 0.3 is 0 Å². The zero-order chi connectivity index (χ0) is 15.7. The molecule has 0 spiro atoms. The van der Waals surface area contributed by atoms with Gasteiger partial charge in [0.15, 0.2) is 0 Å². The van der Waals surface area contributed by atoms with Crippen LogP contribution >= 0.6 is 0 Å². The fourth-order valence-corrected chi connectivity index (χ4v) is 3.14. The second-order valence-corrected chi connectivity index (χ2v) is 7.60. The van der Waals surface area contributed by atoms with E-state index < -0.39 is 10.2 Å². The van der Waals surface area contributed by atoms with E-state index in [1.165, 1.54) is 17.1 Å². The molecule has 0 atom stereocenters. The SMILES string of the molecule is CCCN(CC)CCNS(=O)(=O)N(C)CCCNC1CC1. The fourth-order valence-electron chi connectivity index (χ4n) is 2.20. The van der Waals surface area contributed by atoms with Crippen molar-refractivity contribution in [1.82, 2.24) is 19.2 Å². The summed E-state index contributed by atoms with van der Waals surface area (Å²) in [6.45, 7) is 8.90. The first-order chi connectivity index (χ1) is 9.99. The van der Waals surface area contributed by atoms with Crippen molar-refractivity contribution in [3.05, 3.63) is 0 Å². The highest BCUT2D eigenvalue weighted by molar-refractivity contribution is 7.87. The smallest absolute Gasteiger partial charge is 0.279 e. The van der Waals surface area contributed by atoms with Gasteiger partial charge in [0, 0.05) is 32.7 Å². The van der Waals surface area contributed by atoms with Crippen LogP contribution in [0.3, 0.4) is 0 Å². The molecule has 1 fully saturated rings. The van der Waals surface area contributed by atoms with Gasteiger partial charge < -0.3 is 10.2 Å². The number of nitrogens with zero attached hydrogens (tertiary/aromatic N) is 2. The molecule has 0 aromatic carbocycles. The van der Waals surface area contributed by atoms with Gasteiger partial charge in [-0.15, -0.1) is 0 Å². The first-order valence-corrected chi connectivity index (χ1v) is 9.60. The van der Waals surface area contributed by atoms with Crippen LogP contribution in [0.2, 0.25) is 0 Å². The molecular formula is C14H32N4O2S. The lowest BCUT2D eigenvalue weighted by atomic mass is 10.4. The quantitative estimate of drug-likeness (QED) is 0.489. The normalized spacial score (nSPS) is 16.0. The van der Waals surface area contributed by atoms with E-state index in [0.717, 1.165) is 39.0 Å². The molecule has 2 N–H and O–H groups in total. The molecule has 7 heteroatoms. The lowest BCUT2D eigenvalue weighted by Crippen LogP contribution is -2.42. The van der Waals surface area contributed by atoms with Gasteiger partial charge in [-0.3, -0.25) is 0 Å². The van der Waals surface area contributed by atoms with Gasteiger partial charge in [0.05, 0.1) is 0 Å². The summed E-state index contributed by atoms with van der Waals surface area (Å²) in [6.07, 6.45) is 4.47. The Balaban J connectivity index is 2.17. The average Bonchev–Trinajstić information content (AvgIpc) is 3.26. The number of hydrogen-bond donors (Lipinski definition) is 2. The third kappa shape index (κ3) is 8.11. The molecule has 0 unspecified atom stereocenters. The molecule has 1 rings (SSSR count). The molecule has 0 saturated heterocycles. The summed E-state index contributed by atoms with van der Waals surface area (Å²) in [5, 5.41) is 3.39. The van der Waals surface area contributed by atoms with Gasteiger partial charge in [-0.2, -0.15) is 12.7 Å². The van der Waals surface area contributed by atoms with E-state index in [4.69, 9.17) is 0 Å². The summed E-state index contributed by atoms with van der Waals surface area (Å²) < 4.78 is 28.2. The van der Waals surface area contributed by atoms with Gasteiger partial charge in [-0.05, 0) is 45.3 Å². The van der Waals surface area contributed by atoms with E-state index >= 15 is 0 Å². The van der Waals surface area contributed by atoms with E-state index in [-0.39, 0.29) is 0 Å². The van der Waals surface area contributed by atoms with Crippen LogP contribution in [0.25, 0.3) is 0 Å². The summed E-state index contributed by atoms with van der Waals surface area (Å²) >= 11 is 0. The Labute approximate surface area is 130 Å². The maximum Gasteiger partial charge on any atom is 0.279 e. The second kappa shape index (κ2) is 9.74. The highest BCUT2D eigenvalue weighted by Crippen LogP contribution is 2.18. The van der Waals surface area contributed by atoms with E-state index in [1.54, 1.807) is 7.05 Å². The molecule has 0 aromatic heterocycles. The van der Waals surface area contributed by atoms with Crippen LogP contribution in [0.5, 0.6) is 0 Å². The molecule has 0 aliphatic heterocycles. The van der Waals surface area contributed by atoms with Crippen LogP contribution in [-0.2, 0) is 10.2 Å². The summed E-state index contributed by atoms with van der Waals surface area (Å²) in [4.78, 5) is 2.25. The Morgan fingerprint density at radius 3 is 2.38 bits per heavy atom. The first kappa shape index (κ1) is 18.8. The van der Waals surface area contributed by atoms with Crippen molar-refractivity contribution in [2.45, 2.75) is 45.6 Å². The van der Waals surface area contributed by atoms with E-state index in [9.17, 15) is 8.42 Å². The number of rotatable bonds is 13. The third-order valence-corrected chi connectivity index (χ3v) is 5.34. The molecule has 6 nitrogen and oxygen atoms in total. The number of hydrogen-bond acceptors (Lipinski definition) is 4. The Morgan fingerprint density at radius 1 is 1.10 bits per heavy atom. The molecule has 126 valence electrons. The van der Waals surface area contributed by atoms with Crippen molar-refractivity contribution in [3.63, 3.8) is 0 Å². The van der Waals surface area contributed by atoms with Crippen molar-refractivity contribution in [3.8, 4) is 0 Å². The van der Waals surface area contributed by atoms with Crippen LogP contribution in [0.4, 0.5) is 0 Å². The first-order valence-electron chi connectivity index (χ1n) is 8.16. The molecule has 1 aliphatic carbocycles. The van der Waals surface area contributed by atoms with Crippen LogP contribution in [0, 0.1) is 0 Å². The van der Waals surface area contributed by atoms with Crippen molar-refractivity contribution >= 4 is 10.2 Å². The lowest BCUT2D eigenvalue weighted by Gasteiger charge is -2.21. The lowest BCUT2D eigenvalue weighted by molar-refractivity contribution is 0.292. The van der Waals surface area contributed by atoms with Crippen molar-refractivity contribution < 1.29 is 8.42 Å². The highest BCUT2D eigenvalue weighted by atomic mass is 32.2. The largest absolute Gasteiger partial charge is 0.314 e. The van der Waals surface area contributed by atoms with Crippen LogP contribution in [-0.4, -0.2) is 70.0 Å². The highest BCUT2D eigenvalue weighted by Gasteiger charge is 2.20. The number of likely N-dealkylation sites (N-methyl/N-ethyl adjacent to an activating group) is 1. The monoisotopic (exact) mass is 320 g/mol. The Bertz CT molecular complexity index is 371. The molecule has 0 radical (unpaired) electrons. The van der Waals surface area contributed by atoms with Crippen LogP contribution in [0.1, 0.15) is 39.5 Å². The van der Waals surface area contributed by atoms with Gasteiger partial charge in [0.2, 0.25) is 0 Å². The van der Waals surface area contributed by atoms with Crippen LogP contribution < -0.4 is 10.0 Å². The zero-order valence-corrected chi connectivity index (χ0v) is 14.6. The maximum atomic E-state index is 12.1. The van der Waals surface area contributed by atoms with Crippen molar-refractivity contribution in [2.75, 3.05) is 46.3 Å². The van der Waals surface area contributed by atoms with E-state index in [1.807, 2.05) is 0 Å². The van der Waals surface area contributed by atoms with Crippen LogP contribution in [0.15, 0.2) is 0 Å². The molecule has 1 aliphatic rings. The zero-order valence-electron chi connectivity index (χ0n) is 13.8. The molecule has 21 heavy (non-hydrogen) atoms. The van der Waals surface area contributed by atoms with Gasteiger partial charge in [0.1, 0.15) is 0 Å². The molecule has 0 aromatic rings. The third-order valence-electron chi connectivity index (χ3n) is 3.77. The standard InChI is InChI=1S/C14H32N4O2S/c1-4-11-18(5-2)13-10-16-21(19,20)17(3)12-6-9-15-14-7-8-14/h14-16H,4-13H2,1-3H3. The average molecular weight is 321 g/mol. The molecule has 1 saturated carbocycles. The van der Waals surface area contributed by atoms with Crippen molar-refractivity contribution in [2.24, 2.45) is 0 Å². The maximum absolute atomic E-state index is 12.1. The van der Waals surface area contributed by atoms with Gasteiger partial charge in [0.25, 0.3) is 10.2 Å². The van der Waals surface area contributed by atoms with Crippen molar-refractivity contribution in [1.29, 1.82) is 0 Å². The predicted octanol–water partition coefficient (Wildman–Crippen LogP) is 0.627. The minimum absolute atomic E-state index is 0.473. The predicted molar refractivity (Wildman–Crippen MR) is 87.6 cm³/mol. The minimum Gasteiger partial charge on any atom is -0.314 e. The Morgan fingerprint density at radius 2 is 1.81 bits per heavy atom. The molecular weight excluding hydrogens is 288 g/mol. The van der Waals surface area contributed by atoms with E-state index in [0.29, 0.717) is 19.1 Å². The topological polar surface area (TPSA) is 64.7 Å². The van der Waals surface area contributed by atoms with E-state index in [2.05, 4.69) is 28.8 Å². The second-order valence-electron chi connectivity index (χ2n) is 5.74. The Kier molecular flexibility index (Phi) is 8.73. The minimum atomic E-state index is -3.34. The summed E-state index contributed by atoms with van der Waals surface area (Å²) in [5.41, 5.74) is 0. The molecule has 0 amide bonds. The summed E-state index contributed by atoms with van der Waals surface area (Å²) in [6, 6.07) is 0.684. The number of nitrogens with one attached hydrogen (secondary N) is 2. The molecule has 0 heterocycles. The molecule has 0 bridgehead atoms. The fraction of sp³-hybridized carbons (Fsp3) is 1.00. The van der Waals surface area contributed by atoms with Gasteiger partial charge in [-0.1, -0.05) is 13.8 Å². The summed E-state index contributed by atoms with van der Waals surface area (Å²) in [7, 11) is -1.69. The summed E-state index contributed by atoms with van der Waals surface area (Å²) in [5.74, 6) is 0. The van der Waals surface area contributed by atoms with Gasteiger partial charge in [-0.25, -0.2) is 4.72 Å².